The predicted molar refractivity (Wildman–Crippen MR) is 99.5 cm³/mol. The van der Waals surface area contributed by atoms with Crippen LogP contribution in [0.15, 0.2) is 48.5 Å². The minimum atomic E-state index is -3.68. The Labute approximate surface area is 155 Å². The van der Waals surface area contributed by atoms with E-state index in [1.54, 1.807) is 24.3 Å². The van der Waals surface area contributed by atoms with Crippen LogP contribution in [0.2, 0.25) is 0 Å². The molecule has 0 fully saturated rings. The highest BCUT2D eigenvalue weighted by Gasteiger charge is 2.37. The first-order chi connectivity index (χ1) is 12.8. The number of carbonyl (C=O) groups excluding carboxylic acids is 1. The molecule has 1 N–H and O–H groups in total. The molecule has 6 nitrogen and oxygen atoms in total. The third-order valence-electron chi connectivity index (χ3n) is 4.10. The van der Waals surface area contributed by atoms with Gasteiger partial charge < -0.3 is 5.32 Å². The maximum atomic E-state index is 13.5. The smallest absolute Gasteiger partial charge is 0.326 e. The Morgan fingerprint density at radius 3 is 2.59 bits per heavy atom. The van der Waals surface area contributed by atoms with Crippen molar-refractivity contribution < 1.29 is 22.0 Å². The zero-order valence-electron chi connectivity index (χ0n) is 14.4. The molecule has 3 rings (SSSR count). The number of hydrogen-bond donors (Lipinski definition) is 1. The van der Waals surface area contributed by atoms with Crippen molar-refractivity contribution in [3.05, 3.63) is 65.7 Å². The SMILES string of the molecule is CN1c2ccccc2N(CCNC(=O)/C=C/c2cc(F)ccc2F)S1(=O)=O. The third kappa shape index (κ3) is 3.77. The first kappa shape index (κ1) is 18.8. The van der Waals surface area contributed by atoms with Crippen LogP contribution in [0.25, 0.3) is 6.08 Å². The van der Waals surface area contributed by atoms with E-state index in [1.807, 2.05) is 0 Å². The lowest BCUT2D eigenvalue weighted by Crippen LogP contribution is -2.40. The van der Waals surface area contributed by atoms with E-state index in [2.05, 4.69) is 5.32 Å². The van der Waals surface area contributed by atoms with Gasteiger partial charge in [0.05, 0.1) is 17.9 Å². The van der Waals surface area contributed by atoms with E-state index in [4.69, 9.17) is 0 Å². The lowest BCUT2D eigenvalue weighted by Gasteiger charge is -2.19. The quantitative estimate of drug-likeness (QED) is 0.793. The number of para-hydroxylation sites is 2. The zero-order valence-corrected chi connectivity index (χ0v) is 15.2. The summed E-state index contributed by atoms with van der Waals surface area (Å²) in [5.41, 5.74) is 1.04. The Kier molecular flexibility index (Phi) is 5.13. The standard InChI is InChI=1S/C18H17F2N3O3S/c1-22-16-4-2-3-5-17(16)23(27(22,25)26)11-10-21-18(24)9-6-13-12-14(19)7-8-15(13)20/h2-9,12H,10-11H2,1H3,(H,21,24)/b9-6+. The monoisotopic (exact) mass is 393 g/mol. The molecular weight excluding hydrogens is 376 g/mol. The minimum Gasteiger partial charge on any atom is -0.351 e. The van der Waals surface area contributed by atoms with Gasteiger partial charge >= 0.3 is 10.2 Å². The lowest BCUT2D eigenvalue weighted by molar-refractivity contribution is -0.116. The van der Waals surface area contributed by atoms with E-state index >= 15 is 0 Å². The van der Waals surface area contributed by atoms with Gasteiger partial charge in [-0.25, -0.2) is 13.1 Å². The van der Waals surface area contributed by atoms with Gasteiger partial charge in [-0.15, -0.1) is 0 Å². The molecule has 0 spiro atoms. The summed E-state index contributed by atoms with van der Waals surface area (Å²) in [6, 6.07) is 9.79. The Morgan fingerprint density at radius 2 is 1.85 bits per heavy atom. The van der Waals surface area contributed by atoms with Gasteiger partial charge in [-0.3, -0.25) is 9.10 Å². The van der Waals surface area contributed by atoms with Gasteiger partial charge in [0.2, 0.25) is 5.91 Å². The molecule has 27 heavy (non-hydrogen) atoms. The fourth-order valence-electron chi connectivity index (χ4n) is 2.72. The summed E-state index contributed by atoms with van der Waals surface area (Å²) in [7, 11) is -2.22. The number of anilines is 2. The number of halogens is 2. The molecule has 1 aliphatic heterocycles. The van der Waals surface area contributed by atoms with Crippen molar-refractivity contribution in [1.82, 2.24) is 5.32 Å². The predicted octanol–water partition coefficient (Wildman–Crippen LogP) is 2.30. The van der Waals surface area contributed by atoms with Crippen LogP contribution in [0.3, 0.4) is 0 Å². The highest BCUT2D eigenvalue weighted by molar-refractivity contribution is 7.94. The van der Waals surface area contributed by atoms with E-state index in [1.165, 1.54) is 15.7 Å². The summed E-state index contributed by atoms with van der Waals surface area (Å²) >= 11 is 0. The van der Waals surface area contributed by atoms with E-state index in [0.29, 0.717) is 11.4 Å². The first-order valence-corrected chi connectivity index (χ1v) is 9.47. The van der Waals surface area contributed by atoms with Crippen LogP contribution in [0, 0.1) is 11.6 Å². The van der Waals surface area contributed by atoms with Crippen molar-refractivity contribution in [2.24, 2.45) is 0 Å². The van der Waals surface area contributed by atoms with Crippen molar-refractivity contribution in [1.29, 1.82) is 0 Å². The third-order valence-corrected chi connectivity index (χ3v) is 5.93. The van der Waals surface area contributed by atoms with Crippen LogP contribution in [-0.4, -0.2) is 34.5 Å². The van der Waals surface area contributed by atoms with Crippen molar-refractivity contribution in [3.8, 4) is 0 Å². The number of fused-ring (bicyclic) bond motifs is 1. The van der Waals surface area contributed by atoms with Crippen LogP contribution in [-0.2, 0) is 15.0 Å². The van der Waals surface area contributed by atoms with Crippen LogP contribution >= 0.6 is 0 Å². The second-order valence-corrected chi connectivity index (χ2v) is 7.71. The molecular formula is C18H17F2N3O3S. The average Bonchev–Trinajstić information content (AvgIpc) is 2.83. The van der Waals surface area contributed by atoms with Gasteiger partial charge in [0.15, 0.2) is 0 Å². The molecule has 0 saturated heterocycles. The van der Waals surface area contributed by atoms with Crippen molar-refractivity contribution in [3.63, 3.8) is 0 Å². The van der Waals surface area contributed by atoms with Gasteiger partial charge in [-0.05, 0) is 36.4 Å². The average molecular weight is 393 g/mol. The van der Waals surface area contributed by atoms with Crippen molar-refractivity contribution in [2.75, 3.05) is 28.7 Å². The molecule has 0 unspecified atom stereocenters. The molecule has 0 atom stereocenters. The second-order valence-electron chi connectivity index (χ2n) is 5.83. The Balaban J connectivity index is 1.62. The molecule has 0 bridgehead atoms. The van der Waals surface area contributed by atoms with Crippen molar-refractivity contribution >= 4 is 33.6 Å². The van der Waals surface area contributed by atoms with Crippen LogP contribution in [0.4, 0.5) is 20.2 Å². The van der Waals surface area contributed by atoms with Gasteiger partial charge in [0.1, 0.15) is 11.6 Å². The molecule has 2 aromatic carbocycles. The number of nitrogens with zero attached hydrogens (tertiary/aromatic N) is 2. The summed E-state index contributed by atoms with van der Waals surface area (Å²) in [6.07, 6.45) is 2.22. The number of rotatable bonds is 5. The fraction of sp³-hybridized carbons (Fsp3) is 0.167. The lowest BCUT2D eigenvalue weighted by atomic mass is 10.2. The Morgan fingerprint density at radius 1 is 1.15 bits per heavy atom. The van der Waals surface area contributed by atoms with Gasteiger partial charge in [-0.2, -0.15) is 8.42 Å². The van der Waals surface area contributed by atoms with Gasteiger partial charge in [0.25, 0.3) is 0 Å². The van der Waals surface area contributed by atoms with E-state index in [-0.39, 0.29) is 18.7 Å². The largest absolute Gasteiger partial charge is 0.351 e. The summed E-state index contributed by atoms with van der Waals surface area (Å²) < 4.78 is 53.9. The fourth-order valence-corrected chi connectivity index (χ4v) is 4.14. The molecule has 9 heteroatoms. The molecule has 0 saturated carbocycles. The molecule has 142 valence electrons. The van der Waals surface area contributed by atoms with E-state index < -0.39 is 27.8 Å². The number of amides is 1. The second kappa shape index (κ2) is 7.36. The van der Waals surface area contributed by atoms with Crippen LogP contribution in [0.1, 0.15) is 5.56 Å². The van der Waals surface area contributed by atoms with E-state index in [9.17, 15) is 22.0 Å². The Hall–Kier alpha value is -2.94. The molecule has 0 radical (unpaired) electrons. The summed E-state index contributed by atoms with van der Waals surface area (Å²) in [5.74, 6) is -1.81. The van der Waals surface area contributed by atoms with E-state index in [0.717, 1.165) is 30.4 Å². The maximum absolute atomic E-state index is 13.5. The molecule has 2 aromatic rings. The van der Waals surface area contributed by atoms with Crippen molar-refractivity contribution in [2.45, 2.75) is 0 Å². The maximum Gasteiger partial charge on any atom is 0.326 e. The Bertz CT molecular complexity index is 1010. The summed E-state index contributed by atoms with van der Waals surface area (Å²) in [5, 5.41) is 2.53. The number of nitrogens with one attached hydrogen (secondary N) is 1. The van der Waals surface area contributed by atoms with Gasteiger partial charge in [0, 0.05) is 25.2 Å². The van der Waals surface area contributed by atoms with Gasteiger partial charge in [-0.1, -0.05) is 12.1 Å². The first-order valence-electron chi connectivity index (χ1n) is 8.07. The molecule has 1 heterocycles. The number of carbonyl (C=O) groups is 1. The summed E-state index contributed by atoms with van der Waals surface area (Å²) in [6.45, 7) is 0.0911. The van der Waals surface area contributed by atoms with Crippen LogP contribution in [0.5, 0.6) is 0 Å². The highest BCUT2D eigenvalue weighted by Crippen LogP contribution is 2.38. The topological polar surface area (TPSA) is 69.7 Å². The molecule has 0 aromatic heterocycles. The highest BCUT2D eigenvalue weighted by atomic mass is 32.2. The molecule has 1 aliphatic rings. The zero-order chi connectivity index (χ0) is 19.6. The minimum absolute atomic E-state index is 0.0393. The summed E-state index contributed by atoms with van der Waals surface area (Å²) in [4.78, 5) is 11.9. The molecule has 0 aliphatic carbocycles. The molecule has 1 amide bonds. The normalized spacial score (nSPS) is 15.2. The number of hydrogen-bond acceptors (Lipinski definition) is 3. The van der Waals surface area contributed by atoms with Crippen LogP contribution < -0.4 is 13.9 Å². The number of benzene rings is 2.